The third-order valence-corrected chi connectivity index (χ3v) is 2.76. The zero-order chi connectivity index (χ0) is 9.54. The Kier molecular flexibility index (Phi) is 1.50. The number of aryl methyl sites for hydroxylation is 2. The molecule has 14 heavy (non-hydrogen) atoms. The number of nitrogens with one attached hydrogen (secondary N) is 1. The number of hydrogen-bond acceptors (Lipinski definition) is 3. The Morgan fingerprint density at radius 2 is 2.21 bits per heavy atom. The number of H-pyrrole nitrogens is 1. The lowest BCUT2D eigenvalue weighted by Gasteiger charge is -2.07. The molecular weight excluding hydrogens is 180 g/mol. The number of furan rings is 1. The molecule has 1 aliphatic rings. The van der Waals surface area contributed by atoms with Crippen LogP contribution >= 0.6 is 0 Å². The van der Waals surface area contributed by atoms with Crippen LogP contribution in [0.25, 0.3) is 11.1 Å². The maximum atomic E-state index is 11.6. The molecule has 0 amide bonds. The highest BCUT2D eigenvalue weighted by atomic mass is 16.3. The van der Waals surface area contributed by atoms with E-state index in [0.29, 0.717) is 11.1 Å². The van der Waals surface area contributed by atoms with Crippen molar-refractivity contribution in [3.05, 3.63) is 28.0 Å². The highest BCUT2D eigenvalue weighted by molar-refractivity contribution is 5.77. The standard InChI is InChI=1S/C10H10N2O2/c13-9-8-6-3-1-2-4-7(6)14-10(8)12-5-11-9/h5H,1-4H2,(H,11,12,13). The molecule has 0 unspecified atom stereocenters. The van der Waals surface area contributed by atoms with E-state index in [1.54, 1.807) is 0 Å². The molecule has 0 spiro atoms. The van der Waals surface area contributed by atoms with Crippen LogP contribution in [0.5, 0.6) is 0 Å². The highest BCUT2D eigenvalue weighted by Gasteiger charge is 2.20. The van der Waals surface area contributed by atoms with Crippen molar-refractivity contribution in [1.29, 1.82) is 0 Å². The second kappa shape index (κ2) is 2.70. The number of nitrogens with zero attached hydrogens (tertiary/aromatic N) is 1. The molecule has 1 N–H and O–H groups in total. The summed E-state index contributed by atoms with van der Waals surface area (Å²) in [7, 11) is 0. The van der Waals surface area contributed by atoms with Crippen LogP contribution in [-0.4, -0.2) is 9.97 Å². The summed E-state index contributed by atoms with van der Waals surface area (Å²) in [5.41, 5.74) is 1.48. The van der Waals surface area contributed by atoms with Crippen molar-refractivity contribution in [3.8, 4) is 0 Å². The van der Waals surface area contributed by atoms with E-state index in [9.17, 15) is 4.79 Å². The van der Waals surface area contributed by atoms with E-state index in [-0.39, 0.29) is 5.56 Å². The lowest BCUT2D eigenvalue weighted by atomic mass is 9.97. The predicted molar refractivity (Wildman–Crippen MR) is 51.3 cm³/mol. The molecule has 2 aromatic rings. The SMILES string of the molecule is O=c1[nH]cnc2oc3c(c12)CCCC3. The topological polar surface area (TPSA) is 58.9 Å². The Bertz CT molecular complexity index is 539. The van der Waals surface area contributed by atoms with Gasteiger partial charge in [-0.2, -0.15) is 0 Å². The monoisotopic (exact) mass is 190 g/mol. The first-order valence-electron chi connectivity index (χ1n) is 4.84. The van der Waals surface area contributed by atoms with E-state index in [2.05, 4.69) is 9.97 Å². The molecule has 0 bridgehead atoms. The van der Waals surface area contributed by atoms with Gasteiger partial charge in [0.2, 0.25) is 5.71 Å². The Balaban J connectivity index is 2.44. The molecule has 0 saturated heterocycles. The summed E-state index contributed by atoms with van der Waals surface area (Å²) in [6, 6.07) is 0. The van der Waals surface area contributed by atoms with E-state index in [4.69, 9.17) is 4.42 Å². The Hall–Kier alpha value is -1.58. The van der Waals surface area contributed by atoms with Crippen molar-refractivity contribution >= 4 is 11.1 Å². The summed E-state index contributed by atoms with van der Waals surface area (Å²) in [6.45, 7) is 0. The fraction of sp³-hybridized carbons (Fsp3) is 0.400. The Morgan fingerprint density at radius 1 is 1.36 bits per heavy atom. The third-order valence-electron chi connectivity index (χ3n) is 2.76. The average molecular weight is 190 g/mol. The van der Waals surface area contributed by atoms with Gasteiger partial charge >= 0.3 is 0 Å². The van der Waals surface area contributed by atoms with Gasteiger partial charge in [-0.1, -0.05) is 0 Å². The molecule has 4 nitrogen and oxygen atoms in total. The van der Waals surface area contributed by atoms with Gasteiger partial charge in [-0.25, -0.2) is 4.98 Å². The van der Waals surface area contributed by atoms with E-state index < -0.39 is 0 Å². The molecule has 3 rings (SSSR count). The summed E-state index contributed by atoms with van der Waals surface area (Å²) in [5.74, 6) is 0.954. The molecule has 2 aromatic heterocycles. The van der Waals surface area contributed by atoms with Crippen molar-refractivity contribution < 1.29 is 4.42 Å². The number of rotatable bonds is 0. The van der Waals surface area contributed by atoms with Gasteiger partial charge in [-0.15, -0.1) is 0 Å². The molecule has 0 radical (unpaired) electrons. The van der Waals surface area contributed by atoms with Crippen LogP contribution in [0.3, 0.4) is 0 Å². The second-order valence-electron chi connectivity index (χ2n) is 3.62. The van der Waals surface area contributed by atoms with Crippen molar-refractivity contribution in [1.82, 2.24) is 9.97 Å². The van der Waals surface area contributed by atoms with Crippen LogP contribution in [0.1, 0.15) is 24.2 Å². The van der Waals surface area contributed by atoms with Gasteiger partial charge in [0, 0.05) is 12.0 Å². The zero-order valence-electron chi connectivity index (χ0n) is 7.67. The largest absolute Gasteiger partial charge is 0.442 e. The van der Waals surface area contributed by atoms with Crippen molar-refractivity contribution in [3.63, 3.8) is 0 Å². The van der Waals surface area contributed by atoms with E-state index in [1.165, 1.54) is 6.33 Å². The number of aromatic amines is 1. The minimum Gasteiger partial charge on any atom is -0.442 e. The first-order chi connectivity index (χ1) is 6.86. The quantitative estimate of drug-likeness (QED) is 0.683. The summed E-state index contributed by atoms with van der Waals surface area (Å²) < 4.78 is 5.54. The minimum atomic E-state index is -0.0816. The number of hydrogen-bond donors (Lipinski definition) is 1. The molecule has 0 fully saturated rings. The van der Waals surface area contributed by atoms with Gasteiger partial charge < -0.3 is 9.40 Å². The Morgan fingerprint density at radius 3 is 3.14 bits per heavy atom. The van der Waals surface area contributed by atoms with Crippen molar-refractivity contribution in [2.45, 2.75) is 25.7 Å². The van der Waals surface area contributed by atoms with Gasteiger partial charge in [0.15, 0.2) is 0 Å². The molecule has 0 atom stereocenters. The summed E-state index contributed by atoms with van der Waals surface area (Å²) in [6.07, 6.45) is 5.54. The lowest BCUT2D eigenvalue weighted by molar-refractivity contribution is 0.499. The smallest absolute Gasteiger partial charge is 0.262 e. The third kappa shape index (κ3) is 0.937. The van der Waals surface area contributed by atoms with Gasteiger partial charge in [-0.05, 0) is 19.3 Å². The predicted octanol–water partition coefficient (Wildman–Crippen LogP) is 1.39. The first kappa shape index (κ1) is 7.79. The van der Waals surface area contributed by atoms with E-state index >= 15 is 0 Å². The van der Waals surface area contributed by atoms with Crippen LogP contribution in [0, 0.1) is 0 Å². The molecule has 0 aliphatic heterocycles. The van der Waals surface area contributed by atoms with Gasteiger partial charge in [0.1, 0.15) is 11.1 Å². The van der Waals surface area contributed by atoms with Gasteiger partial charge in [-0.3, -0.25) is 4.79 Å². The van der Waals surface area contributed by atoms with Crippen LogP contribution in [0.15, 0.2) is 15.5 Å². The summed E-state index contributed by atoms with van der Waals surface area (Å²) >= 11 is 0. The second-order valence-corrected chi connectivity index (χ2v) is 3.62. The lowest BCUT2D eigenvalue weighted by Crippen LogP contribution is -2.08. The highest BCUT2D eigenvalue weighted by Crippen LogP contribution is 2.28. The molecule has 1 aliphatic carbocycles. The summed E-state index contributed by atoms with van der Waals surface area (Å²) in [5, 5.41) is 0.655. The number of fused-ring (bicyclic) bond motifs is 3. The van der Waals surface area contributed by atoms with E-state index in [0.717, 1.165) is 37.0 Å². The van der Waals surface area contributed by atoms with Gasteiger partial charge in [0.05, 0.1) is 6.33 Å². The average Bonchev–Trinajstić information content (AvgIpc) is 2.57. The fourth-order valence-electron chi connectivity index (χ4n) is 2.10. The maximum absolute atomic E-state index is 11.6. The number of aromatic nitrogens is 2. The normalized spacial score (nSPS) is 15.7. The molecule has 0 saturated carbocycles. The van der Waals surface area contributed by atoms with Gasteiger partial charge in [0.25, 0.3) is 5.56 Å². The fourth-order valence-corrected chi connectivity index (χ4v) is 2.10. The van der Waals surface area contributed by atoms with Crippen LogP contribution in [0.2, 0.25) is 0 Å². The molecule has 4 heteroatoms. The maximum Gasteiger partial charge on any atom is 0.262 e. The molecular formula is C10H10N2O2. The zero-order valence-corrected chi connectivity index (χ0v) is 7.67. The van der Waals surface area contributed by atoms with Crippen molar-refractivity contribution in [2.24, 2.45) is 0 Å². The van der Waals surface area contributed by atoms with E-state index in [1.807, 2.05) is 0 Å². The van der Waals surface area contributed by atoms with Crippen LogP contribution in [0.4, 0.5) is 0 Å². The van der Waals surface area contributed by atoms with Crippen LogP contribution < -0.4 is 5.56 Å². The van der Waals surface area contributed by atoms with Crippen LogP contribution in [-0.2, 0) is 12.8 Å². The molecule has 2 heterocycles. The first-order valence-corrected chi connectivity index (χ1v) is 4.84. The molecule has 0 aromatic carbocycles. The molecule has 72 valence electrons. The minimum absolute atomic E-state index is 0.0816. The van der Waals surface area contributed by atoms with Crippen molar-refractivity contribution in [2.75, 3.05) is 0 Å². The summed E-state index contributed by atoms with van der Waals surface area (Å²) in [4.78, 5) is 18.2. The Labute approximate surface area is 80.0 Å².